The van der Waals surface area contributed by atoms with Crippen molar-refractivity contribution in [3.05, 3.63) is 18.2 Å². The zero-order chi connectivity index (χ0) is 19.2. The first kappa shape index (κ1) is 20.5. The minimum Gasteiger partial charge on any atom is -0.497 e. The summed E-state index contributed by atoms with van der Waals surface area (Å²) in [6.45, 7) is 3.48. The highest BCUT2D eigenvalue weighted by Crippen LogP contribution is 2.31. The van der Waals surface area contributed by atoms with E-state index in [4.69, 9.17) is 9.47 Å². The fourth-order valence-electron chi connectivity index (χ4n) is 2.99. The van der Waals surface area contributed by atoms with Crippen molar-refractivity contribution in [1.29, 1.82) is 0 Å². The normalized spacial score (nSPS) is 15.7. The summed E-state index contributed by atoms with van der Waals surface area (Å²) >= 11 is 0. The summed E-state index contributed by atoms with van der Waals surface area (Å²) in [5, 5.41) is 0. The average molecular weight is 384 g/mol. The Balaban J connectivity index is 2.07. The van der Waals surface area contributed by atoms with Gasteiger partial charge >= 0.3 is 0 Å². The predicted molar refractivity (Wildman–Crippen MR) is 99.0 cm³/mol. The topological polar surface area (TPSA) is 76.2 Å². The SMILES string of the molecule is CCCCCC(=O)N1CCN(S(=O)(=O)c2cc(OC)ccc2OC)CC1. The number of rotatable bonds is 8. The largest absolute Gasteiger partial charge is 0.497 e. The fourth-order valence-corrected chi connectivity index (χ4v) is 4.58. The molecule has 0 radical (unpaired) electrons. The summed E-state index contributed by atoms with van der Waals surface area (Å²) < 4.78 is 37.8. The molecule has 1 aliphatic rings. The number of sulfonamides is 1. The number of carbonyl (C=O) groups is 1. The van der Waals surface area contributed by atoms with Gasteiger partial charge in [0.05, 0.1) is 14.2 Å². The lowest BCUT2D eigenvalue weighted by molar-refractivity contribution is -0.132. The van der Waals surface area contributed by atoms with Gasteiger partial charge in [-0.3, -0.25) is 4.79 Å². The highest BCUT2D eigenvalue weighted by Gasteiger charge is 2.32. The van der Waals surface area contributed by atoms with Gasteiger partial charge in [-0.15, -0.1) is 0 Å². The van der Waals surface area contributed by atoms with Gasteiger partial charge < -0.3 is 14.4 Å². The molecule has 1 aromatic rings. The predicted octanol–water partition coefficient (Wildman–Crippen LogP) is 2.12. The molecule has 1 aromatic carbocycles. The number of piperazine rings is 1. The summed E-state index contributed by atoms with van der Waals surface area (Å²) in [6.07, 6.45) is 3.52. The van der Waals surface area contributed by atoms with Crippen LogP contribution >= 0.6 is 0 Å². The molecule has 1 saturated heterocycles. The lowest BCUT2D eigenvalue weighted by Gasteiger charge is -2.34. The molecule has 1 aliphatic heterocycles. The van der Waals surface area contributed by atoms with Crippen LogP contribution in [0.5, 0.6) is 11.5 Å². The summed E-state index contributed by atoms with van der Waals surface area (Å²) in [5.41, 5.74) is 0. The first-order valence-electron chi connectivity index (χ1n) is 8.94. The maximum atomic E-state index is 13.0. The standard InChI is InChI=1S/C18H28N2O5S/c1-4-5-6-7-18(21)19-10-12-20(13-11-19)26(22,23)17-14-15(24-2)8-9-16(17)25-3/h8-9,14H,4-7,10-13H2,1-3H3. The Morgan fingerprint density at radius 3 is 2.35 bits per heavy atom. The highest BCUT2D eigenvalue weighted by atomic mass is 32.2. The number of hydrogen-bond acceptors (Lipinski definition) is 5. The monoisotopic (exact) mass is 384 g/mol. The number of methoxy groups -OCH3 is 2. The molecule has 0 aliphatic carbocycles. The van der Waals surface area contributed by atoms with E-state index in [-0.39, 0.29) is 29.6 Å². The van der Waals surface area contributed by atoms with Crippen LogP contribution in [0.1, 0.15) is 32.6 Å². The van der Waals surface area contributed by atoms with Crippen molar-refractivity contribution in [2.75, 3.05) is 40.4 Å². The van der Waals surface area contributed by atoms with E-state index >= 15 is 0 Å². The van der Waals surface area contributed by atoms with Crippen LogP contribution in [0.15, 0.2) is 23.1 Å². The zero-order valence-corrected chi connectivity index (χ0v) is 16.5. The Kier molecular flexibility index (Phi) is 7.28. The fraction of sp³-hybridized carbons (Fsp3) is 0.611. The van der Waals surface area contributed by atoms with Crippen molar-refractivity contribution >= 4 is 15.9 Å². The molecule has 8 heteroatoms. The van der Waals surface area contributed by atoms with Crippen molar-refractivity contribution in [3.63, 3.8) is 0 Å². The van der Waals surface area contributed by atoms with E-state index in [9.17, 15) is 13.2 Å². The van der Waals surface area contributed by atoms with Crippen LogP contribution in [-0.2, 0) is 14.8 Å². The van der Waals surface area contributed by atoms with Gasteiger partial charge in [-0.05, 0) is 18.6 Å². The molecule has 1 amide bonds. The molecule has 26 heavy (non-hydrogen) atoms. The second-order valence-electron chi connectivity index (χ2n) is 6.26. The van der Waals surface area contributed by atoms with Gasteiger partial charge in [-0.2, -0.15) is 4.31 Å². The first-order valence-corrected chi connectivity index (χ1v) is 10.4. The molecule has 0 bridgehead atoms. The van der Waals surface area contributed by atoms with E-state index in [1.807, 2.05) is 0 Å². The molecule has 0 unspecified atom stereocenters. The van der Waals surface area contributed by atoms with Crippen LogP contribution in [-0.4, -0.2) is 63.9 Å². The Morgan fingerprint density at radius 2 is 1.77 bits per heavy atom. The molecule has 0 aromatic heterocycles. The number of benzene rings is 1. The maximum absolute atomic E-state index is 13.0. The van der Waals surface area contributed by atoms with Crippen molar-refractivity contribution in [2.45, 2.75) is 37.5 Å². The van der Waals surface area contributed by atoms with Crippen molar-refractivity contribution < 1.29 is 22.7 Å². The van der Waals surface area contributed by atoms with Crippen LogP contribution in [0.25, 0.3) is 0 Å². The highest BCUT2D eigenvalue weighted by molar-refractivity contribution is 7.89. The molecule has 0 N–H and O–H groups in total. The molecular formula is C18H28N2O5S. The third-order valence-corrected chi connectivity index (χ3v) is 6.49. The van der Waals surface area contributed by atoms with Crippen LogP contribution in [0.3, 0.4) is 0 Å². The Labute approximate surface area is 155 Å². The van der Waals surface area contributed by atoms with Gasteiger partial charge in [-0.25, -0.2) is 8.42 Å². The van der Waals surface area contributed by atoms with Crippen LogP contribution in [0.4, 0.5) is 0 Å². The van der Waals surface area contributed by atoms with E-state index in [1.165, 1.54) is 24.6 Å². The van der Waals surface area contributed by atoms with Crippen molar-refractivity contribution in [3.8, 4) is 11.5 Å². The maximum Gasteiger partial charge on any atom is 0.247 e. The number of carbonyl (C=O) groups excluding carboxylic acids is 1. The van der Waals surface area contributed by atoms with Crippen molar-refractivity contribution in [2.24, 2.45) is 0 Å². The molecule has 1 heterocycles. The van der Waals surface area contributed by atoms with Gasteiger partial charge in [0.1, 0.15) is 16.4 Å². The van der Waals surface area contributed by atoms with E-state index in [2.05, 4.69) is 6.92 Å². The quantitative estimate of drug-likeness (QED) is 0.642. The Bertz CT molecular complexity index is 712. The van der Waals surface area contributed by atoms with Crippen molar-refractivity contribution in [1.82, 2.24) is 9.21 Å². The first-order chi connectivity index (χ1) is 12.4. The number of amides is 1. The molecule has 1 fully saturated rings. The number of nitrogens with zero attached hydrogens (tertiary/aromatic N) is 2. The third-order valence-electron chi connectivity index (χ3n) is 4.57. The van der Waals surface area contributed by atoms with Gasteiger partial charge in [0.15, 0.2) is 0 Å². The van der Waals surface area contributed by atoms with Crippen LogP contribution in [0.2, 0.25) is 0 Å². The zero-order valence-electron chi connectivity index (χ0n) is 15.7. The number of hydrogen-bond donors (Lipinski definition) is 0. The average Bonchev–Trinajstić information content (AvgIpc) is 2.67. The minimum absolute atomic E-state index is 0.0853. The molecule has 146 valence electrons. The van der Waals surface area contributed by atoms with Gasteiger partial charge in [0, 0.05) is 38.7 Å². The second-order valence-corrected chi connectivity index (χ2v) is 8.17. The lowest BCUT2D eigenvalue weighted by atomic mass is 10.2. The Morgan fingerprint density at radius 1 is 1.08 bits per heavy atom. The van der Waals surface area contributed by atoms with Gasteiger partial charge in [-0.1, -0.05) is 19.8 Å². The van der Waals surface area contributed by atoms with E-state index in [0.717, 1.165) is 19.3 Å². The molecule has 0 spiro atoms. The molecular weight excluding hydrogens is 356 g/mol. The Hall–Kier alpha value is -1.80. The number of unbranched alkanes of at least 4 members (excludes halogenated alkanes) is 2. The second kappa shape index (κ2) is 9.23. The molecule has 0 atom stereocenters. The van der Waals surface area contributed by atoms with E-state index < -0.39 is 10.0 Å². The summed E-state index contributed by atoms with van der Waals surface area (Å²) in [5.74, 6) is 0.840. The van der Waals surface area contributed by atoms with Crippen LogP contribution < -0.4 is 9.47 Å². The summed E-state index contributed by atoms with van der Waals surface area (Å²) in [7, 11) is -0.792. The summed E-state index contributed by atoms with van der Waals surface area (Å²) in [6, 6.07) is 4.71. The van der Waals surface area contributed by atoms with E-state index in [1.54, 1.807) is 17.0 Å². The third kappa shape index (κ3) is 4.67. The smallest absolute Gasteiger partial charge is 0.247 e. The lowest BCUT2D eigenvalue weighted by Crippen LogP contribution is -2.50. The van der Waals surface area contributed by atoms with Gasteiger partial charge in [0.2, 0.25) is 15.9 Å². The minimum atomic E-state index is -3.72. The molecule has 0 saturated carbocycles. The summed E-state index contributed by atoms with van der Waals surface area (Å²) in [4.78, 5) is 14.0. The van der Waals surface area contributed by atoms with E-state index in [0.29, 0.717) is 25.3 Å². The molecule has 7 nitrogen and oxygen atoms in total. The molecule has 2 rings (SSSR count). The number of ether oxygens (including phenoxy) is 2. The van der Waals surface area contributed by atoms with Gasteiger partial charge in [0.25, 0.3) is 0 Å². The van der Waals surface area contributed by atoms with Crippen LogP contribution in [0, 0.1) is 0 Å².